The number of aryl methyl sites for hydroxylation is 1. The van der Waals surface area contributed by atoms with Crippen molar-refractivity contribution in [2.24, 2.45) is 0 Å². The molecule has 2 aliphatic rings. The molecule has 1 atom stereocenters. The van der Waals surface area contributed by atoms with Gasteiger partial charge in [-0.05, 0) is 36.8 Å². The summed E-state index contributed by atoms with van der Waals surface area (Å²) in [7, 11) is 0. The van der Waals surface area contributed by atoms with Crippen LogP contribution in [0.3, 0.4) is 0 Å². The van der Waals surface area contributed by atoms with Crippen LogP contribution in [-0.4, -0.2) is 22.4 Å². The highest BCUT2D eigenvalue weighted by Crippen LogP contribution is 2.42. The number of hydrogen-bond acceptors (Lipinski definition) is 5. The molecule has 128 valence electrons. The van der Waals surface area contributed by atoms with Gasteiger partial charge in [0, 0.05) is 19.3 Å². The summed E-state index contributed by atoms with van der Waals surface area (Å²) in [6, 6.07) is 6.26. The van der Waals surface area contributed by atoms with E-state index in [-0.39, 0.29) is 11.9 Å². The lowest BCUT2D eigenvalue weighted by molar-refractivity contribution is -0.188. The number of aromatic nitrogens is 2. The SMILES string of the molecule is CCCc1nc(-c2cccs2)cc(C2COC3(CCCCC3)O2)n1. The van der Waals surface area contributed by atoms with E-state index in [1.165, 1.54) is 24.1 Å². The molecule has 0 N–H and O–H groups in total. The normalized spacial score (nSPS) is 23.0. The van der Waals surface area contributed by atoms with E-state index in [9.17, 15) is 0 Å². The van der Waals surface area contributed by atoms with Gasteiger partial charge in [0.2, 0.25) is 0 Å². The predicted molar refractivity (Wildman–Crippen MR) is 94.9 cm³/mol. The van der Waals surface area contributed by atoms with E-state index in [0.717, 1.165) is 42.9 Å². The molecule has 2 aromatic rings. The van der Waals surface area contributed by atoms with E-state index < -0.39 is 0 Å². The molecule has 1 saturated heterocycles. The average Bonchev–Trinajstić information content (AvgIpc) is 3.26. The molecule has 1 spiro atoms. The van der Waals surface area contributed by atoms with E-state index in [0.29, 0.717) is 6.61 Å². The molecule has 5 heteroatoms. The minimum absolute atomic E-state index is 0.0691. The van der Waals surface area contributed by atoms with Crippen LogP contribution in [0.15, 0.2) is 23.6 Å². The van der Waals surface area contributed by atoms with E-state index in [1.807, 2.05) is 0 Å². The summed E-state index contributed by atoms with van der Waals surface area (Å²) >= 11 is 1.71. The minimum atomic E-state index is -0.359. The Kier molecular flexibility index (Phi) is 4.66. The summed E-state index contributed by atoms with van der Waals surface area (Å²) in [5, 5.41) is 2.09. The van der Waals surface area contributed by atoms with Crippen molar-refractivity contribution in [1.82, 2.24) is 9.97 Å². The Morgan fingerprint density at radius 3 is 2.88 bits per heavy atom. The third-order valence-corrected chi connectivity index (χ3v) is 5.73. The summed E-state index contributed by atoms with van der Waals surface area (Å²) < 4.78 is 12.5. The van der Waals surface area contributed by atoms with Crippen LogP contribution >= 0.6 is 11.3 Å². The smallest absolute Gasteiger partial charge is 0.169 e. The highest BCUT2D eigenvalue weighted by atomic mass is 32.1. The van der Waals surface area contributed by atoms with Gasteiger partial charge in [0.1, 0.15) is 11.9 Å². The molecular weight excluding hydrogens is 320 g/mol. The summed E-state index contributed by atoms with van der Waals surface area (Å²) in [6.45, 7) is 2.76. The number of thiophene rings is 1. The van der Waals surface area contributed by atoms with Gasteiger partial charge < -0.3 is 9.47 Å². The van der Waals surface area contributed by atoms with Gasteiger partial charge in [-0.2, -0.15) is 0 Å². The standard InChI is InChI=1S/C19H24N2O2S/c1-2-7-18-20-14(12-15(21-18)17-8-6-11-24-17)16-13-22-19(23-16)9-4-3-5-10-19/h6,8,11-12,16H,2-5,7,9-10,13H2,1H3. The molecule has 1 aliphatic carbocycles. The van der Waals surface area contributed by atoms with Crippen LogP contribution in [0, 0.1) is 0 Å². The number of nitrogens with zero attached hydrogens (tertiary/aromatic N) is 2. The summed E-state index contributed by atoms with van der Waals surface area (Å²) in [5.41, 5.74) is 1.98. The second-order valence-electron chi connectivity index (χ2n) is 6.71. The van der Waals surface area contributed by atoms with Crippen molar-refractivity contribution in [2.75, 3.05) is 6.61 Å². The van der Waals surface area contributed by atoms with Crippen molar-refractivity contribution < 1.29 is 9.47 Å². The van der Waals surface area contributed by atoms with E-state index in [4.69, 9.17) is 19.4 Å². The fraction of sp³-hybridized carbons (Fsp3) is 0.579. The predicted octanol–water partition coefficient (Wildman–Crippen LogP) is 4.91. The Hall–Kier alpha value is -1.30. The van der Waals surface area contributed by atoms with Gasteiger partial charge in [0.05, 0.1) is 22.9 Å². The van der Waals surface area contributed by atoms with Gasteiger partial charge in [-0.1, -0.05) is 19.4 Å². The molecule has 24 heavy (non-hydrogen) atoms. The van der Waals surface area contributed by atoms with Crippen molar-refractivity contribution in [2.45, 2.75) is 63.8 Å². The lowest BCUT2D eigenvalue weighted by atomic mass is 9.94. The average molecular weight is 344 g/mol. The fourth-order valence-corrected chi connectivity index (χ4v) is 4.31. The van der Waals surface area contributed by atoms with Crippen LogP contribution in [0.4, 0.5) is 0 Å². The molecule has 0 aromatic carbocycles. The van der Waals surface area contributed by atoms with Crippen molar-refractivity contribution in [3.05, 3.63) is 35.1 Å². The van der Waals surface area contributed by atoms with E-state index in [1.54, 1.807) is 11.3 Å². The summed E-state index contributed by atoms with van der Waals surface area (Å²) in [6.07, 6.45) is 7.55. The number of rotatable bonds is 4. The monoisotopic (exact) mass is 344 g/mol. The molecule has 0 radical (unpaired) electrons. The van der Waals surface area contributed by atoms with E-state index >= 15 is 0 Å². The Morgan fingerprint density at radius 2 is 2.12 bits per heavy atom. The summed E-state index contributed by atoms with van der Waals surface area (Å²) in [5.74, 6) is 0.550. The molecule has 3 heterocycles. The molecule has 2 aromatic heterocycles. The van der Waals surface area contributed by atoms with Crippen molar-refractivity contribution in [3.8, 4) is 10.6 Å². The molecule has 2 fully saturated rings. The van der Waals surface area contributed by atoms with Gasteiger partial charge in [-0.25, -0.2) is 9.97 Å². The van der Waals surface area contributed by atoms with Gasteiger partial charge >= 0.3 is 0 Å². The second-order valence-corrected chi connectivity index (χ2v) is 7.66. The lowest BCUT2D eigenvalue weighted by Gasteiger charge is -2.31. The maximum absolute atomic E-state index is 6.37. The molecule has 1 saturated carbocycles. The minimum Gasteiger partial charge on any atom is -0.347 e. The molecule has 0 bridgehead atoms. The third-order valence-electron chi connectivity index (χ3n) is 4.84. The van der Waals surface area contributed by atoms with Gasteiger partial charge in [0.15, 0.2) is 5.79 Å². The first-order valence-corrected chi connectivity index (χ1v) is 9.89. The van der Waals surface area contributed by atoms with Crippen molar-refractivity contribution in [1.29, 1.82) is 0 Å². The fourth-order valence-electron chi connectivity index (χ4n) is 3.62. The van der Waals surface area contributed by atoms with Crippen LogP contribution in [0.1, 0.15) is 63.1 Å². The Labute approximate surface area is 147 Å². The largest absolute Gasteiger partial charge is 0.347 e. The number of hydrogen-bond donors (Lipinski definition) is 0. The van der Waals surface area contributed by atoms with Crippen molar-refractivity contribution in [3.63, 3.8) is 0 Å². The maximum Gasteiger partial charge on any atom is 0.169 e. The highest BCUT2D eigenvalue weighted by molar-refractivity contribution is 7.13. The first-order chi connectivity index (χ1) is 11.8. The van der Waals surface area contributed by atoms with Crippen LogP contribution in [0.5, 0.6) is 0 Å². The maximum atomic E-state index is 6.37. The van der Waals surface area contributed by atoms with Gasteiger partial charge in [-0.3, -0.25) is 0 Å². The first kappa shape index (κ1) is 16.2. The van der Waals surface area contributed by atoms with Crippen LogP contribution in [0.2, 0.25) is 0 Å². The Bertz CT molecular complexity index is 681. The van der Waals surface area contributed by atoms with Crippen molar-refractivity contribution >= 4 is 11.3 Å². The first-order valence-electron chi connectivity index (χ1n) is 9.01. The quantitative estimate of drug-likeness (QED) is 0.791. The summed E-state index contributed by atoms with van der Waals surface area (Å²) in [4.78, 5) is 10.7. The van der Waals surface area contributed by atoms with Crippen LogP contribution < -0.4 is 0 Å². The molecular formula is C19H24N2O2S. The Morgan fingerprint density at radius 1 is 1.25 bits per heavy atom. The van der Waals surface area contributed by atoms with E-state index in [2.05, 4.69) is 30.5 Å². The highest BCUT2D eigenvalue weighted by Gasteiger charge is 2.43. The number of ether oxygens (including phenoxy) is 2. The second kappa shape index (κ2) is 6.90. The molecule has 4 nitrogen and oxygen atoms in total. The zero-order valence-electron chi connectivity index (χ0n) is 14.2. The lowest BCUT2D eigenvalue weighted by Crippen LogP contribution is -2.32. The zero-order valence-corrected chi connectivity index (χ0v) is 15.0. The Balaban J connectivity index is 1.62. The zero-order chi connectivity index (χ0) is 16.4. The molecule has 1 aliphatic heterocycles. The van der Waals surface area contributed by atoms with Crippen LogP contribution in [-0.2, 0) is 15.9 Å². The van der Waals surface area contributed by atoms with Crippen LogP contribution in [0.25, 0.3) is 10.6 Å². The van der Waals surface area contributed by atoms with Gasteiger partial charge in [-0.15, -0.1) is 11.3 Å². The molecule has 4 rings (SSSR count). The van der Waals surface area contributed by atoms with Gasteiger partial charge in [0.25, 0.3) is 0 Å². The molecule has 0 amide bonds. The third kappa shape index (κ3) is 3.25. The molecule has 1 unspecified atom stereocenters. The topological polar surface area (TPSA) is 44.2 Å².